The minimum Gasteiger partial charge on any atom is -0.339 e. The van der Waals surface area contributed by atoms with Gasteiger partial charge in [0.25, 0.3) is 0 Å². The molecule has 0 aliphatic heterocycles. The first-order chi connectivity index (χ1) is 9.36. The molecule has 0 saturated heterocycles. The van der Waals surface area contributed by atoms with E-state index in [-0.39, 0.29) is 22.7 Å². The van der Waals surface area contributed by atoms with Gasteiger partial charge in [0.1, 0.15) is 5.82 Å². The van der Waals surface area contributed by atoms with E-state index in [9.17, 15) is 9.18 Å². The van der Waals surface area contributed by atoms with Crippen LogP contribution < -0.4 is 0 Å². The summed E-state index contributed by atoms with van der Waals surface area (Å²) in [6.45, 7) is 7.22. The first-order valence-corrected chi connectivity index (χ1v) is 6.51. The van der Waals surface area contributed by atoms with E-state index in [1.807, 2.05) is 20.8 Å². The number of rotatable bonds is 4. The molecule has 0 aliphatic carbocycles. The zero-order valence-corrected chi connectivity index (χ0v) is 12.0. The number of ketones is 1. The average Bonchev–Trinajstić information content (AvgIpc) is 2.83. The van der Waals surface area contributed by atoms with Crippen molar-refractivity contribution < 1.29 is 13.7 Å². The molecule has 2 aromatic rings. The molecule has 1 aromatic heterocycles. The summed E-state index contributed by atoms with van der Waals surface area (Å²) in [7, 11) is 0. The number of aromatic nitrogens is 2. The monoisotopic (exact) mass is 276 g/mol. The van der Waals surface area contributed by atoms with Crippen LogP contribution in [0.5, 0.6) is 0 Å². The zero-order valence-electron chi connectivity index (χ0n) is 12.0. The van der Waals surface area contributed by atoms with Crippen LogP contribution in [0, 0.1) is 18.2 Å². The maximum atomic E-state index is 14.1. The Kier molecular flexibility index (Phi) is 3.70. The van der Waals surface area contributed by atoms with Crippen LogP contribution in [0.4, 0.5) is 4.39 Å². The van der Waals surface area contributed by atoms with Gasteiger partial charge in [-0.05, 0) is 12.5 Å². The second-order valence-corrected chi connectivity index (χ2v) is 5.37. The lowest BCUT2D eigenvalue weighted by Crippen LogP contribution is -2.24. The van der Waals surface area contributed by atoms with E-state index in [4.69, 9.17) is 4.52 Å². The van der Waals surface area contributed by atoms with Gasteiger partial charge in [0.15, 0.2) is 5.78 Å². The molecular weight excluding hydrogens is 259 g/mol. The van der Waals surface area contributed by atoms with Crippen molar-refractivity contribution in [3.63, 3.8) is 0 Å². The summed E-state index contributed by atoms with van der Waals surface area (Å²) in [6.07, 6.45) is 0.660. The van der Waals surface area contributed by atoms with E-state index < -0.39 is 11.2 Å². The molecule has 1 heterocycles. The van der Waals surface area contributed by atoms with Crippen molar-refractivity contribution in [2.75, 3.05) is 0 Å². The number of aryl methyl sites for hydroxylation is 1. The number of Topliss-reactive ketones (excluding diaryl/α,β-unsaturated/α-hetero) is 1. The lowest BCUT2D eigenvalue weighted by molar-refractivity contribution is 0.0833. The Balaban J connectivity index is 2.61. The minimum atomic E-state index is -0.568. The number of nitrogens with zero attached hydrogens (tertiary/aromatic N) is 2. The van der Waals surface area contributed by atoms with E-state index in [0.29, 0.717) is 12.3 Å². The number of hydrogen-bond acceptors (Lipinski definition) is 4. The van der Waals surface area contributed by atoms with Crippen molar-refractivity contribution in [1.82, 2.24) is 10.1 Å². The van der Waals surface area contributed by atoms with Gasteiger partial charge in [-0.1, -0.05) is 38.1 Å². The third-order valence-electron chi connectivity index (χ3n) is 3.51. The molecule has 0 bridgehead atoms. The van der Waals surface area contributed by atoms with Crippen LogP contribution in [0.3, 0.4) is 0 Å². The summed E-state index contributed by atoms with van der Waals surface area (Å²) in [4.78, 5) is 16.6. The van der Waals surface area contributed by atoms with Gasteiger partial charge in [0.2, 0.25) is 11.7 Å². The molecule has 106 valence electrons. The van der Waals surface area contributed by atoms with E-state index >= 15 is 0 Å². The number of carbonyl (C=O) groups excluding carboxylic acids is 1. The number of benzene rings is 1. The highest BCUT2D eigenvalue weighted by molar-refractivity contribution is 6.04. The molecule has 0 unspecified atom stereocenters. The predicted octanol–water partition coefficient (Wildman–Crippen LogP) is 3.80. The zero-order chi connectivity index (χ0) is 14.9. The van der Waals surface area contributed by atoms with E-state index in [1.54, 1.807) is 13.0 Å². The fraction of sp³-hybridized carbons (Fsp3) is 0.400. The summed E-state index contributed by atoms with van der Waals surface area (Å²) in [6, 6.07) is 4.41. The third kappa shape index (κ3) is 2.48. The smallest absolute Gasteiger partial charge is 0.223 e. The van der Waals surface area contributed by atoms with Crippen LogP contribution >= 0.6 is 0 Å². The molecule has 0 amide bonds. The summed E-state index contributed by atoms with van der Waals surface area (Å²) in [5.74, 6) is -0.215. The van der Waals surface area contributed by atoms with Crippen LogP contribution in [0.25, 0.3) is 11.4 Å². The molecule has 5 heteroatoms. The largest absolute Gasteiger partial charge is 0.339 e. The van der Waals surface area contributed by atoms with Crippen molar-refractivity contribution >= 4 is 5.78 Å². The van der Waals surface area contributed by atoms with E-state index in [0.717, 1.165) is 0 Å². The molecule has 0 fully saturated rings. The Morgan fingerprint density at radius 3 is 2.65 bits per heavy atom. The van der Waals surface area contributed by atoms with Gasteiger partial charge in [-0.15, -0.1) is 0 Å². The summed E-state index contributed by atoms with van der Waals surface area (Å²) in [5, 5.41) is 3.72. The summed E-state index contributed by atoms with van der Waals surface area (Å²) < 4.78 is 19.0. The number of halogens is 1. The van der Waals surface area contributed by atoms with Crippen LogP contribution in [-0.2, 0) is 0 Å². The fourth-order valence-corrected chi connectivity index (χ4v) is 1.87. The number of carbonyl (C=O) groups is 1. The molecule has 0 aliphatic rings. The molecule has 0 N–H and O–H groups in total. The van der Waals surface area contributed by atoms with Gasteiger partial charge in [-0.2, -0.15) is 4.98 Å². The fourth-order valence-electron chi connectivity index (χ4n) is 1.87. The van der Waals surface area contributed by atoms with Crippen molar-refractivity contribution in [3.8, 4) is 11.4 Å². The van der Waals surface area contributed by atoms with E-state index in [2.05, 4.69) is 10.1 Å². The number of hydrogen-bond donors (Lipinski definition) is 0. The van der Waals surface area contributed by atoms with Gasteiger partial charge in [-0.25, -0.2) is 4.39 Å². The Hall–Kier alpha value is -2.04. The Labute approximate surface area is 117 Å². The highest BCUT2D eigenvalue weighted by atomic mass is 19.1. The third-order valence-corrected chi connectivity index (χ3v) is 3.51. The topological polar surface area (TPSA) is 56.0 Å². The Morgan fingerprint density at radius 1 is 1.40 bits per heavy atom. The van der Waals surface area contributed by atoms with Gasteiger partial charge >= 0.3 is 0 Å². The quantitative estimate of drug-likeness (QED) is 0.797. The molecule has 0 saturated carbocycles. The second-order valence-electron chi connectivity index (χ2n) is 5.37. The SMILES string of the molecule is CCC(C)(C)C(=O)c1cccc(F)c1-c1noc(C)n1. The normalized spacial score (nSPS) is 11.7. The van der Waals surface area contributed by atoms with Gasteiger partial charge in [0, 0.05) is 17.9 Å². The van der Waals surface area contributed by atoms with Crippen molar-refractivity contribution in [3.05, 3.63) is 35.5 Å². The molecule has 4 nitrogen and oxygen atoms in total. The second kappa shape index (κ2) is 5.15. The maximum absolute atomic E-state index is 14.1. The van der Waals surface area contributed by atoms with Crippen molar-refractivity contribution in [2.24, 2.45) is 5.41 Å². The highest BCUT2D eigenvalue weighted by Crippen LogP contribution is 2.32. The van der Waals surface area contributed by atoms with E-state index in [1.165, 1.54) is 12.1 Å². The van der Waals surface area contributed by atoms with Crippen LogP contribution in [0.1, 0.15) is 43.4 Å². The Bertz CT molecular complexity index is 647. The molecule has 20 heavy (non-hydrogen) atoms. The van der Waals surface area contributed by atoms with Crippen LogP contribution in [-0.4, -0.2) is 15.9 Å². The molecule has 0 radical (unpaired) electrons. The maximum Gasteiger partial charge on any atom is 0.223 e. The van der Waals surface area contributed by atoms with Crippen molar-refractivity contribution in [2.45, 2.75) is 34.1 Å². The van der Waals surface area contributed by atoms with Crippen LogP contribution in [0.15, 0.2) is 22.7 Å². The minimum absolute atomic E-state index is 0.107. The first-order valence-electron chi connectivity index (χ1n) is 6.51. The van der Waals surface area contributed by atoms with Gasteiger partial charge < -0.3 is 4.52 Å². The molecule has 2 rings (SSSR count). The molecule has 0 spiro atoms. The van der Waals surface area contributed by atoms with Gasteiger partial charge in [-0.3, -0.25) is 4.79 Å². The summed E-state index contributed by atoms with van der Waals surface area (Å²) in [5.41, 5.74) is -0.171. The average molecular weight is 276 g/mol. The molecular formula is C15H17FN2O2. The molecule has 0 atom stereocenters. The molecule has 1 aromatic carbocycles. The predicted molar refractivity (Wildman–Crippen MR) is 72.8 cm³/mol. The lowest BCUT2D eigenvalue weighted by atomic mass is 9.80. The lowest BCUT2D eigenvalue weighted by Gasteiger charge is -2.22. The first kappa shape index (κ1) is 14.4. The summed E-state index contributed by atoms with van der Waals surface area (Å²) >= 11 is 0. The van der Waals surface area contributed by atoms with Gasteiger partial charge in [0.05, 0.1) is 5.56 Å². The van der Waals surface area contributed by atoms with Crippen molar-refractivity contribution in [1.29, 1.82) is 0 Å². The standard InChI is InChI=1S/C15H17FN2O2/c1-5-15(3,4)13(19)10-7-6-8-11(16)12(10)14-17-9(2)20-18-14/h6-8H,5H2,1-4H3. The van der Waals surface area contributed by atoms with Crippen LogP contribution in [0.2, 0.25) is 0 Å². The highest BCUT2D eigenvalue weighted by Gasteiger charge is 2.30. The Morgan fingerprint density at radius 2 is 2.10 bits per heavy atom.